The van der Waals surface area contributed by atoms with Gasteiger partial charge in [0.1, 0.15) is 0 Å². The predicted molar refractivity (Wildman–Crippen MR) is 123 cm³/mol. The van der Waals surface area contributed by atoms with Crippen LogP contribution in [0.3, 0.4) is 0 Å². The zero-order chi connectivity index (χ0) is 19.5. The molecule has 0 heterocycles. The Morgan fingerprint density at radius 2 is 1.21 bits per heavy atom. The summed E-state index contributed by atoms with van der Waals surface area (Å²) in [6, 6.07) is 45.7. The van der Waals surface area contributed by atoms with Gasteiger partial charge in [0.15, 0.2) is 0 Å². The third-order valence-corrected chi connectivity index (χ3v) is 5.17. The first-order valence-electron chi connectivity index (χ1n) is 9.80. The van der Waals surface area contributed by atoms with Crippen molar-refractivity contribution in [3.63, 3.8) is 0 Å². The Labute approximate surface area is 171 Å². The van der Waals surface area contributed by atoms with Gasteiger partial charge in [-0.25, -0.2) is 0 Å². The third kappa shape index (κ3) is 3.39. The molecule has 0 amide bonds. The van der Waals surface area contributed by atoms with Crippen molar-refractivity contribution in [2.45, 2.75) is 0 Å². The third-order valence-electron chi connectivity index (χ3n) is 5.17. The largest absolute Gasteiger partial charge is 0.310 e. The quantitative estimate of drug-likeness (QED) is 0.312. The summed E-state index contributed by atoms with van der Waals surface area (Å²) >= 11 is 0. The minimum atomic E-state index is 1.02. The zero-order valence-corrected chi connectivity index (χ0v) is 16.0. The summed E-state index contributed by atoms with van der Waals surface area (Å²) < 4.78 is 0. The Hall–Kier alpha value is -3.84. The fourth-order valence-corrected chi connectivity index (χ4v) is 3.79. The van der Waals surface area contributed by atoms with Crippen molar-refractivity contribution in [1.29, 1.82) is 0 Å². The van der Waals surface area contributed by atoms with Crippen molar-refractivity contribution in [3.05, 3.63) is 127 Å². The van der Waals surface area contributed by atoms with E-state index in [1.807, 2.05) is 24.3 Å². The highest BCUT2D eigenvalue weighted by molar-refractivity contribution is 5.96. The standard InChI is InChI=1S/C28H20N/c1-3-12-24(13-4-1)29(25-14-5-2-6-15-25)26-20-18-23(19-21-26)28-17-9-11-22-10-7-8-16-27(22)28/h1-14,16-21H. The molecule has 0 unspecified atom stereocenters. The maximum Gasteiger partial charge on any atom is 0.0540 e. The molecule has 5 aromatic carbocycles. The predicted octanol–water partition coefficient (Wildman–Crippen LogP) is 7.78. The minimum absolute atomic E-state index is 1.02. The molecule has 29 heavy (non-hydrogen) atoms. The van der Waals surface area contributed by atoms with E-state index < -0.39 is 0 Å². The molecule has 1 nitrogen and oxygen atoms in total. The van der Waals surface area contributed by atoms with E-state index in [9.17, 15) is 0 Å². The molecule has 1 heteroatoms. The lowest BCUT2D eigenvalue weighted by Crippen LogP contribution is -2.09. The average molecular weight is 370 g/mol. The van der Waals surface area contributed by atoms with Crippen molar-refractivity contribution >= 4 is 27.8 Å². The molecule has 0 atom stereocenters. The molecule has 0 N–H and O–H groups in total. The zero-order valence-electron chi connectivity index (χ0n) is 16.0. The lowest BCUT2D eigenvalue weighted by Gasteiger charge is -2.25. The van der Waals surface area contributed by atoms with E-state index >= 15 is 0 Å². The van der Waals surface area contributed by atoms with E-state index in [-0.39, 0.29) is 0 Å². The number of rotatable bonds is 4. The Bertz CT molecular complexity index is 1180. The van der Waals surface area contributed by atoms with Crippen LogP contribution in [0.5, 0.6) is 0 Å². The van der Waals surface area contributed by atoms with Crippen LogP contribution in [0.2, 0.25) is 0 Å². The first-order valence-corrected chi connectivity index (χ1v) is 9.80. The maximum atomic E-state index is 3.36. The van der Waals surface area contributed by atoms with Gasteiger partial charge in [-0.15, -0.1) is 0 Å². The van der Waals surface area contributed by atoms with Gasteiger partial charge in [-0.05, 0) is 52.2 Å². The molecule has 0 aromatic heterocycles. The Morgan fingerprint density at radius 1 is 0.517 bits per heavy atom. The number of hydrogen-bond acceptors (Lipinski definition) is 1. The van der Waals surface area contributed by atoms with Gasteiger partial charge < -0.3 is 4.90 Å². The van der Waals surface area contributed by atoms with Gasteiger partial charge in [0.25, 0.3) is 0 Å². The molecule has 0 bridgehead atoms. The molecule has 0 saturated carbocycles. The van der Waals surface area contributed by atoms with Crippen molar-refractivity contribution < 1.29 is 0 Å². The van der Waals surface area contributed by atoms with Crippen LogP contribution >= 0.6 is 0 Å². The molecule has 0 spiro atoms. The Balaban J connectivity index is 1.59. The number of hydrogen-bond donors (Lipinski definition) is 0. The smallest absolute Gasteiger partial charge is 0.0540 e. The second-order valence-electron chi connectivity index (χ2n) is 6.99. The molecule has 0 aliphatic carbocycles. The van der Waals surface area contributed by atoms with Crippen molar-refractivity contribution in [2.75, 3.05) is 4.90 Å². The number of anilines is 3. The van der Waals surface area contributed by atoms with E-state index in [0.717, 1.165) is 17.1 Å². The molecule has 1 radical (unpaired) electrons. The summed E-state index contributed by atoms with van der Waals surface area (Å²) in [4.78, 5) is 2.23. The summed E-state index contributed by atoms with van der Waals surface area (Å²) in [6.07, 6.45) is 0. The van der Waals surface area contributed by atoms with Gasteiger partial charge in [-0.3, -0.25) is 0 Å². The van der Waals surface area contributed by atoms with Crippen LogP contribution in [-0.4, -0.2) is 0 Å². The molecule has 5 aromatic rings. The highest BCUT2D eigenvalue weighted by Gasteiger charge is 2.12. The molecule has 0 fully saturated rings. The average Bonchev–Trinajstić information content (AvgIpc) is 2.81. The van der Waals surface area contributed by atoms with Gasteiger partial charge in [0, 0.05) is 17.4 Å². The molecule has 137 valence electrons. The van der Waals surface area contributed by atoms with Crippen LogP contribution in [0.15, 0.2) is 121 Å². The molecule has 0 saturated heterocycles. The number of para-hydroxylation sites is 2. The summed E-state index contributed by atoms with van der Waals surface area (Å²) in [5.74, 6) is 0. The van der Waals surface area contributed by atoms with Gasteiger partial charge in [0.05, 0.1) is 5.69 Å². The molecule has 5 rings (SSSR count). The highest BCUT2D eigenvalue weighted by atomic mass is 15.1. The monoisotopic (exact) mass is 370 g/mol. The van der Waals surface area contributed by atoms with Gasteiger partial charge in [-0.1, -0.05) is 91.0 Å². The van der Waals surface area contributed by atoms with Crippen molar-refractivity contribution in [3.8, 4) is 11.1 Å². The Morgan fingerprint density at radius 3 is 2.00 bits per heavy atom. The van der Waals surface area contributed by atoms with E-state index in [1.165, 1.54) is 21.9 Å². The lowest BCUT2D eigenvalue weighted by molar-refractivity contribution is 1.28. The van der Waals surface area contributed by atoms with E-state index in [2.05, 4.69) is 108 Å². The van der Waals surface area contributed by atoms with Gasteiger partial charge in [-0.2, -0.15) is 0 Å². The number of nitrogens with zero attached hydrogens (tertiary/aromatic N) is 1. The number of fused-ring (bicyclic) bond motifs is 1. The molecule has 0 aliphatic rings. The first-order chi connectivity index (χ1) is 14.4. The first kappa shape index (κ1) is 17.3. The second-order valence-corrected chi connectivity index (χ2v) is 6.99. The lowest BCUT2D eigenvalue weighted by atomic mass is 9.98. The van der Waals surface area contributed by atoms with Crippen LogP contribution in [0.4, 0.5) is 17.1 Å². The van der Waals surface area contributed by atoms with Gasteiger partial charge in [0.2, 0.25) is 0 Å². The maximum absolute atomic E-state index is 3.36. The molecular formula is C28H20N. The SMILES string of the molecule is [c]1ccccc1N(c1ccccc1)c1ccc(-c2cccc3ccccc23)cc1. The number of benzene rings is 5. The van der Waals surface area contributed by atoms with Crippen LogP contribution in [-0.2, 0) is 0 Å². The second kappa shape index (κ2) is 7.65. The summed E-state index contributed by atoms with van der Waals surface area (Å²) in [6.45, 7) is 0. The van der Waals surface area contributed by atoms with Crippen LogP contribution in [0.25, 0.3) is 21.9 Å². The minimum Gasteiger partial charge on any atom is -0.310 e. The van der Waals surface area contributed by atoms with Crippen molar-refractivity contribution in [2.24, 2.45) is 0 Å². The highest BCUT2D eigenvalue weighted by Crippen LogP contribution is 2.36. The van der Waals surface area contributed by atoms with Crippen LogP contribution in [0, 0.1) is 6.07 Å². The summed E-state index contributed by atoms with van der Waals surface area (Å²) in [5.41, 5.74) is 5.73. The summed E-state index contributed by atoms with van der Waals surface area (Å²) in [5, 5.41) is 2.54. The molecular weight excluding hydrogens is 350 g/mol. The van der Waals surface area contributed by atoms with Crippen LogP contribution in [0.1, 0.15) is 0 Å². The summed E-state index contributed by atoms with van der Waals surface area (Å²) in [7, 11) is 0. The van der Waals surface area contributed by atoms with E-state index in [4.69, 9.17) is 0 Å². The Kier molecular flexibility index (Phi) is 4.56. The van der Waals surface area contributed by atoms with E-state index in [0.29, 0.717) is 0 Å². The fraction of sp³-hybridized carbons (Fsp3) is 0. The molecule has 0 aliphatic heterocycles. The van der Waals surface area contributed by atoms with Gasteiger partial charge >= 0.3 is 0 Å². The normalized spacial score (nSPS) is 10.8. The fourth-order valence-electron chi connectivity index (χ4n) is 3.79. The van der Waals surface area contributed by atoms with Crippen molar-refractivity contribution in [1.82, 2.24) is 0 Å². The topological polar surface area (TPSA) is 3.24 Å². The van der Waals surface area contributed by atoms with Crippen LogP contribution < -0.4 is 4.90 Å². The van der Waals surface area contributed by atoms with E-state index in [1.54, 1.807) is 0 Å².